The number of benzene rings is 1. The maximum absolute atomic E-state index is 12.1. The molecule has 2 heterocycles. The maximum atomic E-state index is 12.1. The monoisotopic (exact) mass is 395 g/mol. The molecular weight excluding hydrogens is 373 g/mol. The summed E-state index contributed by atoms with van der Waals surface area (Å²) >= 11 is 12.0. The average molecular weight is 396 g/mol. The van der Waals surface area contributed by atoms with Crippen LogP contribution in [-0.2, 0) is 0 Å². The number of halogens is 2. The van der Waals surface area contributed by atoms with E-state index in [1.54, 1.807) is 24.3 Å². The third-order valence-electron chi connectivity index (χ3n) is 4.61. The molecule has 0 aliphatic carbocycles. The molecular formula is C19H23Cl2N3O2. The second kappa shape index (κ2) is 8.89. The van der Waals surface area contributed by atoms with Gasteiger partial charge in [0.25, 0.3) is 5.56 Å². The van der Waals surface area contributed by atoms with Gasteiger partial charge in [-0.2, -0.15) is 4.68 Å². The van der Waals surface area contributed by atoms with Crippen LogP contribution in [0.25, 0.3) is 5.69 Å². The van der Waals surface area contributed by atoms with Crippen molar-refractivity contribution in [3.63, 3.8) is 0 Å². The maximum Gasteiger partial charge on any atom is 0.271 e. The molecule has 0 atom stereocenters. The first kappa shape index (κ1) is 19.2. The Hall–Kier alpha value is -1.56. The van der Waals surface area contributed by atoms with Gasteiger partial charge in [0.2, 0.25) is 5.88 Å². The normalized spacial score (nSPS) is 16.0. The van der Waals surface area contributed by atoms with Crippen LogP contribution in [0.2, 0.25) is 10.0 Å². The van der Waals surface area contributed by atoms with Crippen molar-refractivity contribution in [2.75, 3.05) is 26.2 Å². The van der Waals surface area contributed by atoms with E-state index in [1.807, 2.05) is 0 Å². The van der Waals surface area contributed by atoms with E-state index >= 15 is 0 Å². The summed E-state index contributed by atoms with van der Waals surface area (Å²) in [5.41, 5.74) is 0.249. The molecule has 1 saturated heterocycles. The van der Waals surface area contributed by atoms with Crippen LogP contribution in [0.5, 0.6) is 5.88 Å². The number of aromatic nitrogens is 2. The second-order valence-corrected chi connectivity index (χ2v) is 7.65. The number of nitrogens with zero attached hydrogens (tertiary/aromatic N) is 3. The molecule has 26 heavy (non-hydrogen) atoms. The van der Waals surface area contributed by atoms with Gasteiger partial charge in [-0.05, 0) is 56.5 Å². The average Bonchev–Trinajstić information content (AvgIpc) is 2.60. The summed E-state index contributed by atoms with van der Waals surface area (Å²) in [6.07, 6.45) is 3.48. The summed E-state index contributed by atoms with van der Waals surface area (Å²) in [4.78, 5) is 14.6. The first-order chi connectivity index (χ1) is 12.5. The summed E-state index contributed by atoms with van der Waals surface area (Å²) in [7, 11) is 0. The third-order valence-corrected chi connectivity index (χ3v) is 5.05. The van der Waals surface area contributed by atoms with Gasteiger partial charge in [0.1, 0.15) is 0 Å². The van der Waals surface area contributed by atoms with Gasteiger partial charge in [0.05, 0.1) is 12.3 Å². The van der Waals surface area contributed by atoms with E-state index in [4.69, 9.17) is 27.9 Å². The van der Waals surface area contributed by atoms with Crippen molar-refractivity contribution in [1.82, 2.24) is 14.7 Å². The lowest BCUT2D eigenvalue weighted by molar-refractivity contribution is 0.176. The largest absolute Gasteiger partial charge is 0.477 e. The van der Waals surface area contributed by atoms with E-state index in [-0.39, 0.29) is 5.56 Å². The molecule has 0 saturated carbocycles. The topological polar surface area (TPSA) is 47.4 Å². The number of rotatable bonds is 6. The molecule has 1 aromatic carbocycles. The Kier molecular flexibility index (Phi) is 6.57. The van der Waals surface area contributed by atoms with Crippen molar-refractivity contribution in [2.45, 2.75) is 26.2 Å². The standard InChI is InChI=1S/C19H23Cl2N3O2/c1-14-5-8-23(9-6-14)7-2-10-26-18-3-4-19(25)24(22-18)17-12-15(20)11-16(21)13-17/h3-4,11-14H,2,5-10H2,1H3. The van der Waals surface area contributed by atoms with E-state index < -0.39 is 0 Å². The lowest BCUT2D eigenvalue weighted by Crippen LogP contribution is -2.34. The number of ether oxygens (including phenoxy) is 1. The van der Waals surface area contributed by atoms with Crippen molar-refractivity contribution >= 4 is 23.2 Å². The van der Waals surface area contributed by atoms with E-state index in [2.05, 4.69) is 16.9 Å². The van der Waals surface area contributed by atoms with Gasteiger partial charge in [-0.25, -0.2) is 0 Å². The van der Waals surface area contributed by atoms with Crippen molar-refractivity contribution in [1.29, 1.82) is 0 Å². The van der Waals surface area contributed by atoms with Crippen molar-refractivity contribution in [3.8, 4) is 11.6 Å². The minimum atomic E-state index is -0.266. The van der Waals surface area contributed by atoms with E-state index in [9.17, 15) is 4.79 Å². The lowest BCUT2D eigenvalue weighted by atomic mass is 9.99. The Bertz CT molecular complexity index is 781. The van der Waals surface area contributed by atoms with Crippen LogP contribution in [0, 0.1) is 5.92 Å². The van der Waals surface area contributed by atoms with Gasteiger partial charge in [0.15, 0.2) is 0 Å². The minimum Gasteiger partial charge on any atom is -0.477 e. The van der Waals surface area contributed by atoms with Crippen molar-refractivity contribution < 1.29 is 4.74 Å². The quantitative estimate of drug-likeness (QED) is 0.692. The van der Waals surface area contributed by atoms with Crippen molar-refractivity contribution in [2.24, 2.45) is 5.92 Å². The molecule has 0 radical (unpaired) electrons. The van der Waals surface area contributed by atoms with Gasteiger partial charge >= 0.3 is 0 Å². The molecule has 7 heteroatoms. The van der Waals surface area contributed by atoms with E-state index in [0.29, 0.717) is 28.2 Å². The summed E-state index contributed by atoms with van der Waals surface area (Å²) in [5, 5.41) is 5.17. The number of piperidine rings is 1. The second-order valence-electron chi connectivity index (χ2n) is 6.78. The summed E-state index contributed by atoms with van der Waals surface area (Å²) < 4.78 is 6.98. The molecule has 0 bridgehead atoms. The smallest absolute Gasteiger partial charge is 0.271 e. The molecule has 5 nitrogen and oxygen atoms in total. The first-order valence-corrected chi connectivity index (χ1v) is 9.69. The molecule has 0 amide bonds. The van der Waals surface area contributed by atoms with Gasteiger partial charge in [-0.1, -0.05) is 30.1 Å². The molecule has 2 aromatic rings. The summed E-state index contributed by atoms with van der Waals surface area (Å²) in [6.45, 7) is 6.23. The van der Waals surface area contributed by atoms with Crippen LogP contribution in [-0.4, -0.2) is 40.9 Å². The fraction of sp³-hybridized carbons (Fsp3) is 0.474. The molecule has 1 aromatic heterocycles. The zero-order valence-corrected chi connectivity index (χ0v) is 16.3. The highest BCUT2D eigenvalue weighted by molar-refractivity contribution is 6.34. The molecule has 0 N–H and O–H groups in total. The lowest BCUT2D eigenvalue weighted by Gasteiger charge is -2.29. The molecule has 3 rings (SSSR count). The highest BCUT2D eigenvalue weighted by Gasteiger charge is 2.15. The molecule has 140 valence electrons. The zero-order chi connectivity index (χ0) is 18.5. The predicted molar refractivity (Wildman–Crippen MR) is 105 cm³/mol. The SMILES string of the molecule is CC1CCN(CCCOc2ccc(=O)n(-c3cc(Cl)cc(Cl)c3)n2)CC1. The van der Waals surface area contributed by atoms with Crippen LogP contribution in [0.4, 0.5) is 0 Å². The van der Waals surface area contributed by atoms with E-state index in [1.165, 1.54) is 36.7 Å². The molecule has 0 unspecified atom stereocenters. The molecule has 0 spiro atoms. The van der Waals surface area contributed by atoms with Crippen LogP contribution >= 0.6 is 23.2 Å². The van der Waals surface area contributed by atoms with Gasteiger partial charge in [-0.3, -0.25) is 4.79 Å². The number of hydrogen-bond donors (Lipinski definition) is 0. The molecule has 1 aliphatic heterocycles. The molecule has 1 fully saturated rings. The zero-order valence-electron chi connectivity index (χ0n) is 14.8. The fourth-order valence-corrected chi connectivity index (χ4v) is 3.58. The van der Waals surface area contributed by atoms with Crippen LogP contribution in [0.1, 0.15) is 26.2 Å². The predicted octanol–water partition coefficient (Wildman–Crippen LogP) is 4.04. The van der Waals surface area contributed by atoms with Gasteiger partial charge in [0, 0.05) is 28.7 Å². The van der Waals surface area contributed by atoms with Crippen LogP contribution < -0.4 is 10.3 Å². The number of likely N-dealkylation sites (tertiary alicyclic amines) is 1. The first-order valence-electron chi connectivity index (χ1n) is 8.93. The highest BCUT2D eigenvalue weighted by Crippen LogP contribution is 2.21. The van der Waals surface area contributed by atoms with Crippen LogP contribution in [0.3, 0.4) is 0 Å². The Balaban J connectivity index is 1.58. The number of hydrogen-bond acceptors (Lipinski definition) is 4. The summed E-state index contributed by atoms with van der Waals surface area (Å²) in [5.74, 6) is 1.25. The molecule has 1 aliphatic rings. The van der Waals surface area contributed by atoms with Gasteiger partial charge in [-0.15, -0.1) is 5.10 Å². The fourth-order valence-electron chi connectivity index (χ4n) is 3.07. The van der Waals surface area contributed by atoms with Gasteiger partial charge < -0.3 is 9.64 Å². The third kappa shape index (κ3) is 5.22. The Labute approximate surface area is 163 Å². The summed E-state index contributed by atoms with van der Waals surface area (Å²) in [6, 6.07) is 7.92. The Morgan fingerprint density at radius 3 is 2.54 bits per heavy atom. The Morgan fingerprint density at radius 1 is 1.15 bits per heavy atom. The van der Waals surface area contributed by atoms with E-state index in [0.717, 1.165) is 18.9 Å². The highest BCUT2D eigenvalue weighted by atomic mass is 35.5. The minimum absolute atomic E-state index is 0.266. The Morgan fingerprint density at radius 2 is 1.85 bits per heavy atom. The van der Waals surface area contributed by atoms with Crippen LogP contribution in [0.15, 0.2) is 35.1 Å². The van der Waals surface area contributed by atoms with Crippen molar-refractivity contribution in [3.05, 3.63) is 50.7 Å².